The van der Waals surface area contributed by atoms with Gasteiger partial charge < -0.3 is 15.4 Å². The van der Waals surface area contributed by atoms with Crippen LogP contribution in [0.1, 0.15) is 12.5 Å². The van der Waals surface area contributed by atoms with Crippen LogP contribution < -0.4 is 20.1 Å². The highest BCUT2D eigenvalue weighted by atomic mass is 32.2. The smallest absolute Gasteiger partial charge is 0.261 e. The minimum Gasteiger partial charge on any atom is -0.497 e. The molecule has 0 aliphatic carbocycles. The lowest BCUT2D eigenvalue weighted by molar-refractivity contribution is -0.123. The maximum atomic E-state index is 12.5. The summed E-state index contributed by atoms with van der Waals surface area (Å²) in [6.07, 6.45) is 2.80. The average molecular weight is 417 g/mol. The Labute approximate surface area is 170 Å². The maximum Gasteiger partial charge on any atom is 0.261 e. The molecule has 3 N–H and O–H groups in total. The van der Waals surface area contributed by atoms with Crippen LogP contribution in [0.4, 0.5) is 5.69 Å². The third-order valence-corrected chi connectivity index (χ3v) is 5.15. The van der Waals surface area contributed by atoms with Crippen LogP contribution >= 0.6 is 0 Å². The van der Waals surface area contributed by atoms with Crippen LogP contribution in [0, 0.1) is 0 Å². The van der Waals surface area contributed by atoms with Crippen LogP contribution in [0.2, 0.25) is 0 Å². The molecule has 0 fully saturated rings. The summed E-state index contributed by atoms with van der Waals surface area (Å²) in [5.74, 6) is -0.0681. The van der Waals surface area contributed by atoms with Gasteiger partial charge in [0.25, 0.3) is 10.0 Å². The molecule has 0 saturated carbocycles. The number of ether oxygens (including phenoxy) is 1. The van der Waals surface area contributed by atoms with Crippen molar-refractivity contribution in [1.82, 2.24) is 10.6 Å². The van der Waals surface area contributed by atoms with Crippen molar-refractivity contribution in [3.63, 3.8) is 0 Å². The highest BCUT2D eigenvalue weighted by Gasteiger charge is 2.13. The number of carbonyl (C=O) groups excluding carboxylic acids is 2. The van der Waals surface area contributed by atoms with E-state index in [1.165, 1.54) is 31.4 Å². The number of likely N-dealkylation sites (N-methyl/N-ethyl adjacent to an activating group) is 1. The quantitative estimate of drug-likeness (QED) is 0.538. The van der Waals surface area contributed by atoms with Crippen molar-refractivity contribution in [1.29, 1.82) is 0 Å². The second kappa shape index (κ2) is 10.3. The molecule has 0 atom stereocenters. The predicted octanol–water partition coefficient (Wildman–Crippen LogP) is 1.76. The summed E-state index contributed by atoms with van der Waals surface area (Å²) in [5.41, 5.74) is 1.06. The Morgan fingerprint density at radius 1 is 1.00 bits per heavy atom. The number of nitrogens with one attached hydrogen (secondary N) is 3. The molecule has 2 rings (SSSR count). The highest BCUT2D eigenvalue weighted by Crippen LogP contribution is 2.19. The molecule has 154 valence electrons. The van der Waals surface area contributed by atoms with E-state index >= 15 is 0 Å². The first-order valence-corrected chi connectivity index (χ1v) is 10.3. The summed E-state index contributed by atoms with van der Waals surface area (Å²) in [4.78, 5) is 23.1. The van der Waals surface area contributed by atoms with Gasteiger partial charge in [0, 0.05) is 18.3 Å². The Morgan fingerprint density at radius 3 is 2.24 bits per heavy atom. The fourth-order valence-electron chi connectivity index (χ4n) is 2.29. The van der Waals surface area contributed by atoms with Crippen LogP contribution in [0.3, 0.4) is 0 Å². The van der Waals surface area contributed by atoms with E-state index in [0.717, 1.165) is 0 Å². The average Bonchev–Trinajstić information content (AvgIpc) is 2.71. The molecule has 0 heterocycles. The molecule has 9 heteroatoms. The SMILES string of the molecule is CCNC(=O)CNC(=O)/C=C/c1ccc(S(=O)(=O)Nc2ccc(OC)cc2)cc1. The molecular weight excluding hydrogens is 394 g/mol. The molecule has 0 unspecified atom stereocenters. The fourth-order valence-corrected chi connectivity index (χ4v) is 3.35. The molecule has 2 aromatic rings. The lowest BCUT2D eigenvalue weighted by Gasteiger charge is -2.09. The molecule has 0 saturated heterocycles. The normalized spacial score (nSPS) is 11.1. The van der Waals surface area contributed by atoms with E-state index in [9.17, 15) is 18.0 Å². The van der Waals surface area contributed by atoms with Crippen molar-refractivity contribution in [2.75, 3.05) is 24.9 Å². The van der Waals surface area contributed by atoms with Gasteiger partial charge in [-0.2, -0.15) is 0 Å². The van der Waals surface area contributed by atoms with Gasteiger partial charge in [-0.05, 0) is 55.0 Å². The first-order chi connectivity index (χ1) is 13.8. The van der Waals surface area contributed by atoms with Crippen molar-refractivity contribution in [2.24, 2.45) is 0 Å². The molecule has 2 aromatic carbocycles. The molecule has 0 radical (unpaired) electrons. The van der Waals surface area contributed by atoms with Gasteiger partial charge in [0.05, 0.1) is 18.6 Å². The van der Waals surface area contributed by atoms with Gasteiger partial charge in [-0.15, -0.1) is 0 Å². The number of anilines is 1. The largest absolute Gasteiger partial charge is 0.497 e. The minimum absolute atomic E-state index is 0.0890. The molecule has 0 aliphatic rings. The van der Waals surface area contributed by atoms with Crippen LogP contribution in [-0.2, 0) is 19.6 Å². The first kappa shape index (κ1) is 22.0. The van der Waals surface area contributed by atoms with Crippen LogP contribution in [0.15, 0.2) is 59.5 Å². The van der Waals surface area contributed by atoms with E-state index in [4.69, 9.17) is 4.74 Å². The zero-order valence-electron chi connectivity index (χ0n) is 16.1. The van der Waals surface area contributed by atoms with Crippen molar-refractivity contribution in [2.45, 2.75) is 11.8 Å². The Hall–Kier alpha value is -3.33. The van der Waals surface area contributed by atoms with Gasteiger partial charge in [-0.25, -0.2) is 8.42 Å². The Kier molecular flexibility index (Phi) is 7.79. The molecular formula is C20H23N3O5S. The van der Waals surface area contributed by atoms with Crippen molar-refractivity contribution >= 4 is 33.6 Å². The molecule has 0 bridgehead atoms. The fraction of sp³-hybridized carbons (Fsp3) is 0.200. The third kappa shape index (κ3) is 6.96. The van der Waals surface area contributed by atoms with Crippen LogP contribution in [0.25, 0.3) is 6.08 Å². The van der Waals surface area contributed by atoms with E-state index in [1.807, 2.05) is 0 Å². The standard InChI is InChI=1S/C20H23N3O5S/c1-3-21-20(25)14-22-19(24)13-6-15-4-11-18(12-5-15)29(26,27)23-16-7-9-17(28-2)10-8-16/h4-13,23H,3,14H2,1-2H3,(H,21,25)(H,22,24)/b13-6+. The van der Waals surface area contributed by atoms with Crippen molar-refractivity contribution in [3.8, 4) is 5.75 Å². The molecule has 29 heavy (non-hydrogen) atoms. The van der Waals surface area contributed by atoms with Crippen LogP contribution in [-0.4, -0.2) is 40.4 Å². The second-order valence-electron chi connectivity index (χ2n) is 5.91. The highest BCUT2D eigenvalue weighted by molar-refractivity contribution is 7.92. The maximum absolute atomic E-state index is 12.5. The van der Waals surface area contributed by atoms with Gasteiger partial charge in [0.1, 0.15) is 5.75 Å². The summed E-state index contributed by atoms with van der Waals surface area (Å²) in [5, 5.41) is 5.03. The number of hydrogen-bond acceptors (Lipinski definition) is 5. The number of amides is 2. The number of carbonyl (C=O) groups is 2. The minimum atomic E-state index is -3.74. The first-order valence-electron chi connectivity index (χ1n) is 8.83. The summed E-state index contributed by atoms with van der Waals surface area (Å²) in [6, 6.07) is 12.6. The van der Waals surface area contributed by atoms with E-state index < -0.39 is 15.9 Å². The summed E-state index contributed by atoms with van der Waals surface area (Å²) in [6.45, 7) is 2.17. The van der Waals surface area contributed by atoms with Gasteiger partial charge >= 0.3 is 0 Å². The zero-order valence-corrected chi connectivity index (χ0v) is 17.0. The lowest BCUT2D eigenvalue weighted by atomic mass is 10.2. The summed E-state index contributed by atoms with van der Waals surface area (Å²) >= 11 is 0. The number of benzene rings is 2. The zero-order chi connectivity index (χ0) is 21.3. The molecule has 8 nitrogen and oxygen atoms in total. The molecule has 0 aliphatic heterocycles. The van der Waals surface area contributed by atoms with Gasteiger partial charge in [0.2, 0.25) is 11.8 Å². The Balaban J connectivity index is 1.97. The Bertz CT molecular complexity index is 968. The lowest BCUT2D eigenvalue weighted by Crippen LogP contribution is -2.35. The number of rotatable bonds is 9. The van der Waals surface area contributed by atoms with Crippen LogP contribution in [0.5, 0.6) is 5.75 Å². The Morgan fingerprint density at radius 2 is 1.66 bits per heavy atom. The molecule has 0 spiro atoms. The van der Waals surface area contributed by atoms with Gasteiger partial charge in [0.15, 0.2) is 0 Å². The number of sulfonamides is 1. The number of hydrogen-bond donors (Lipinski definition) is 3. The van der Waals surface area contributed by atoms with E-state index in [1.54, 1.807) is 43.3 Å². The third-order valence-electron chi connectivity index (χ3n) is 3.76. The number of methoxy groups -OCH3 is 1. The van der Waals surface area contributed by atoms with E-state index in [0.29, 0.717) is 23.5 Å². The molecule has 2 amide bonds. The van der Waals surface area contributed by atoms with Gasteiger partial charge in [-0.3, -0.25) is 14.3 Å². The molecule has 0 aromatic heterocycles. The van der Waals surface area contributed by atoms with E-state index in [2.05, 4.69) is 15.4 Å². The summed E-state index contributed by atoms with van der Waals surface area (Å²) in [7, 11) is -2.21. The topological polar surface area (TPSA) is 114 Å². The van der Waals surface area contributed by atoms with Crippen molar-refractivity contribution in [3.05, 3.63) is 60.2 Å². The second-order valence-corrected chi connectivity index (χ2v) is 7.59. The predicted molar refractivity (Wildman–Crippen MR) is 111 cm³/mol. The van der Waals surface area contributed by atoms with Gasteiger partial charge in [-0.1, -0.05) is 12.1 Å². The van der Waals surface area contributed by atoms with E-state index in [-0.39, 0.29) is 17.3 Å². The monoisotopic (exact) mass is 417 g/mol. The summed E-state index contributed by atoms with van der Waals surface area (Å²) < 4.78 is 32.5. The van der Waals surface area contributed by atoms with Crippen molar-refractivity contribution < 1.29 is 22.7 Å².